The van der Waals surface area contributed by atoms with Crippen molar-refractivity contribution >= 4 is 22.6 Å². The summed E-state index contributed by atoms with van der Waals surface area (Å²) < 4.78 is 2.27. The number of amides is 1. The van der Waals surface area contributed by atoms with E-state index >= 15 is 0 Å². The molecule has 24 heavy (non-hydrogen) atoms. The summed E-state index contributed by atoms with van der Waals surface area (Å²) in [5.41, 5.74) is 4.91. The van der Waals surface area contributed by atoms with Gasteiger partial charge >= 0.3 is 0 Å². The smallest absolute Gasteiger partial charge is 0.228 e. The zero-order valence-electron chi connectivity index (χ0n) is 13.9. The maximum Gasteiger partial charge on any atom is 0.228 e. The van der Waals surface area contributed by atoms with E-state index in [1.807, 2.05) is 23.1 Å². The number of fused-ring (bicyclic) bond motifs is 8. The highest BCUT2D eigenvalue weighted by Gasteiger charge is 2.47. The monoisotopic (exact) mass is 317 g/mol. The van der Waals surface area contributed by atoms with Crippen LogP contribution < -0.4 is 4.90 Å². The third kappa shape index (κ3) is 1.58. The molecule has 2 aliphatic heterocycles. The van der Waals surface area contributed by atoms with Crippen LogP contribution in [0.15, 0.2) is 42.5 Å². The van der Waals surface area contributed by atoms with Gasteiger partial charge in [0.1, 0.15) is 11.5 Å². The number of piperidine rings is 1. The average molecular weight is 317 g/mol. The van der Waals surface area contributed by atoms with Gasteiger partial charge in [0, 0.05) is 12.0 Å². The highest BCUT2D eigenvalue weighted by Crippen LogP contribution is 2.49. The Morgan fingerprint density at radius 1 is 1.17 bits per heavy atom. The number of anilines is 1. The highest BCUT2D eigenvalue weighted by molar-refractivity contribution is 6.01. The molecule has 1 saturated heterocycles. The Bertz CT molecular complexity index is 1000. The van der Waals surface area contributed by atoms with E-state index in [9.17, 15) is 4.79 Å². The Labute approximate surface area is 140 Å². The van der Waals surface area contributed by atoms with Crippen LogP contribution in [0, 0.1) is 6.92 Å². The Hall–Kier alpha value is -2.62. The van der Waals surface area contributed by atoms with Crippen molar-refractivity contribution in [2.75, 3.05) is 4.90 Å². The molecule has 0 saturated carbocycles. The second kappa shape index (κ2) is 4.47. The summed E-state index contributed by atoms with van der Waals surface area (Å²) in [4.78, 5) is 19.8. The first-order valence-corrected chi connectivity index (χ1v) is 8.52. The fraction of sp³-hybridized carbons (Fsp3) is 0.300. The highest BCUT2D eigenvalue weighted by atomic mass is 16.2. The van der Waals surface area contributed by atoms with Crippen LogP contribution in [-0.2, 0) is 10.5 Å². The molecular formula is C20H19N3O. The molecule has 1 aromatic heterocycles. The van der Waals surface area contributed by atoms with Crippen molar-refractivity contribution in [3.63, 3.8) is 0 Å². The van der Waals surface area contributed by atoms with Crippen LogP contribution in [0.3, 0.4) is 0 Å². The molecule has 0 bridgehead atoms. The van der Waals surface area contributed by atoms with Crippen molar-refractivity contribution in [3.05, 3.63) is 48.0 Å². The number of benzene rings is 2. The standard InChI is InChI=1S/C20H19N3O/c1-13-9-10-14-17(12-13)22-18(24)8-5-11-20(22,2)23-16-7-4-3-6-15(16)21-19(14)23/h3-4,6-7,9-10,12H,5,8,11H2,1-2H3. The second-order valence-corrected chi connectivity index (χ2v) is 7.08. The van der Waals surface area contributed by atoms with E-state index in [0.29, 0.717) is 6.42 Å². The topological polar surface area (TPSA) is 38.1 Å². The van der Waals surface area contributed by atoms with Crippen molar-refractivity contribution in [1.82, 2.24) is 9.55 Å². The molecule has 4 nitrogen and oxygen atoms in total. The predicted molar refractivity (Wildman–Crippen MR) is 94.9 cm³/mol. The van der Waals surface area contributed by atoms with E-state index in [4.69, 9.17) is 4.98 Å². The summed E-state index contributed by atoms with van der Waals surface area (Å²) in [7, 11) is 0. The minimum atomic E-state index is -0.387. The number of aromatic nitrogens is 2. The third-order valence-corrected chi connectivity index (χ3v) is 5.45. The van der Waals surface area contributed by atoms with Crippen LogP contribution in [-0.4, -0.2) is 15.5 Å². The third-order valence-electron chi connectivity index (χ3n) is 5.45. The number of rotatable bonds is 0. The van der Waals surface area contributed by atoms with Gasteiger partial charge in [0.15, 0.2) is 0 Å². The minimum Gasteiger partial charge on any atom is -0.300 e. The summed E-state index contributed by atoms with van der Waals surface area (Å²) in [5, 5.41) is 0. The molecule has 4 heteroatoms. The van der Waals surface area contributed by atoms with Crippen molar-refractivity contribution in [1.29, 1.82) is 0 Å². The van der Waals surface area contributed by atoms with Crippen LogP contribution >= 0.6 is 0 Å². The van der Waals surface area contributed by atoms with Crippen LogP contribution in [0.2, 0.25) is 0 Å². The molecule has 1 fully saturated rings. The molecule has 0 aliphatic carbocycles. The molecule has 5 rings (SSSR count). The van der Waals surface area contributed by atoms with Crippen LogP contribution in [0.5, 0.6) is 0 Å². The zero-order valence-corrected chi connectivity index (χ0v) is 13.9. The molecule has 0 N–H and O–H groups in total. The molecule has 0 radical (unpaired) electrons. The molecule has 1 unspecified atom stereocenters. The van der Waals surface area contributed by atoms with Crippen molar-refractivity contribution in [2.45, 2.75) is 38.8 Å². The number of hydrogen-bond donors (Lipinski definition) is 0. The van der Waals surface area contributed by atoms with Crippen molar-refractivity contribution in [3.8, 4) is 11.4 Å². The van der Waals surface area contributed by atoms with Gasteiger partial charge in [0.2, 0.25) is 5.91 Å². The molecule has 1 amide bonds. The van der Waals surface area contributed by atoms with E-state index in [1.165, 1.54) is 5.56 Å². The van der Waals surface area contributed by atoms with Crippen LogP contribution in [0.1, 0.15) is 31.7 Å². The van der Waals surface area contributed by atoms with Crippen molar-refractivity contribution in [2.24, 2.45) is 0 Å². The second-order valence-electron chi connectivity index (χ2n) is 7.08. The number of aryl methyl sites for hydroxylation is 1. The van der Waals surface area contributed by atoms with Gasteiger partial charge in [-0.2, -0.15) is 0 Å². The van der Waals surface area contributed by atoms with E-state index < -0.39 is 0 Å². The lowest BCUT2D eigenvalue weighted by Gasteiger charge is -2.49. The first kappa shape index (κ1) is 13.8. The summed E-state index contributed by atoms with van der Waals surface area (Å²) in [5.74, 6) is 1.18. The largest absolute Gasteiger partial charge is 0.300 e. The maximum absolute atomic E-state index is 12.9. The maximum atomic E-state index is 12.9. The Morgan fingerprint density at radius 3 is 2.88 bits per heavy atom. The average Bonchev–Trinajstić information content (AvgIpc) is 2.95. The quantitative estimate of drug-likeness (QED) is 0.623. The molecule has 1 atom stereocenters. The fourth-order valence-electron chi connectivity index (χ4n) is 4.38. The summed E-state index contributed by atoms with van der Waals surface area (Å²) in [6, 6.07) is 14.5. The number of imidazole rings is 1. The number of nitrogens with zero attached hydrogens (tertiary/aromatic N) is 3. The van der Waals surface area contributed by atoms with Gasteiger partial charge in [0.05, 0.1) is 16.7 Å². The lowest BCUT2D eigenvalue weighted by atomic mass is 9.90. The lowest BCUT2D eigenvalue weighted by molar-refractivity contribution is -0.122. The van der Waals surface area contributed by atoms with Crippen molar-refractivity contribution < 1.29 is 4.79 Å². The van der Waals surface area contributed by atoms with Gasteiger partial charge < -0.3 is 0 Å². The van der Waals surface area contributed by atoms with E-state index in [1.54, 1.807) is 0 Å². The number of para-hydroxylation sites is 2. The Morgan fingerprint density at radius 2 is 2.00 bits per heavy atom. The van der Waals surface area contributed by atoms with Crippen LogP contribution in [0.4, 0.5) is 5.69 Å². The van der Waals surface area contributed by atoms with Gasteiger partial charge in [0.25, 0.3) is 0 Å². The molecule has 0 spiro atoms. The zero-order chi connectivity index (χ0) is 16.5. The Kier molecular flexibility index (Phi) is 2.57. The van der Waals surface area contributed by atoms with Gasteiger partial charge in [-0.1, -0.05) is 18.2 Å². The van der Waals surface area contributed by atoms with Gasteiger partial charge in [-0.3, -0.25) is 14.3 Å². The molecule has 3 heterocycles. The first-order valence-electron chi connectivity index (χ1n) is 8.52. The Balaban J connectivity index is 1.94. The summed E-state index contributed by atoms with van der Waals surface area (Å²) in [6.07, 6.45) is 2.48. The number of hydrogen-bond acceptors (Lipinski definition) is 2. The molecule has 120 valence electrons. The van der Waals surface area contributed by atoms with E-state index in [2.05, 4.69) is 42.7 Å². The summed E-state index contributed by atoms with van der Waals surface area (Å²) >= 11 is 0. The molecular weight excluding hydrogens is 298 g/mol. The predicted octanol–water partition coefficient (Wildman–Crippen LogP) is 4.21. The van der Waals surface area contributed by atoms with Gasteiger partial charge in [-0.15, -0.1) is 0 Å². The number of carbonyl (C=O) groups excluding carboxylic acids is 1. The SMILES string of the molecule is Cc1ccc2c(c1)N1C(=O)CCCC1(C)n1c-2nc2ccccc21. The van der Waals surface area contributed by atoms with Crippen LogP contribution in [0.25, 0.3) is 22.4 Å². The van der Waals surface area contributed by atoms with Gasteiger partial charge in [-0.05, 0) is 56.5 Å². The fourth-order valence-corrected chi connectivity index (χ4v) is 4.38. The van der Waals surface area contributed by atoms with E-state index in [0.717, 1.165) is 41.0 Å². The first-order chi connectivity index (χ1) is 11.6. The lowest BCUT2D eigenvalue weighted by Crippen LogP contribution is -2.56. The number of carbonyl (C=O) groups is 1. The minimum absolute atomic E-state index is 0.207. The summed E-state index contributed by atoms with van der Waals surface area (Å²) in [6.45, 7) is 4.25. The van der Waals surface area contributed by atoms with Gasteiger partial charge in [-0.25, -0.2) is 4.98 Å². The molecule has 2 aliphatic rings. The molecule has 3 aromatic rings. The van der Waals surface area contributed by atoms with E-state index in [-0.39, 0.29) is 11.6 Å². The normalized spacial score (nSPS) is 22.2. The molecule has 2 aromatic carbocycles.